The number of methoxy groups -OCH3 is 1. The van der Waals surface area contributed by atoms with Crippen LogP contribution in [0.3, 0.4) is 0 Å². The predicted octanol–water partition coefficient (Wildman–Crippen LogP) is 3.79. The molecule has 0 heterocycles. The molecule has 0 aromatic heterocycles. The molecule has 0 aliphatic carbocycles. The second-order valence-electron chi connectivity index (χ2n) is 5.85. The third-order valence-corrected chi connectivity index (χ3v) is 5.96. The van der Waals surface area contributed by atoms with Crippen molar-refractivity contribution in [2.75, 3.05) is 18.0 Å². The Morgan fingerprint density at radius 2 is 1.75 bits per heavy atom. The molecule has 0 saturated heterocycles. The van der Waals surface area contributed by atoms with Crippen molar-refractivity contribution < 1.29 is 13.2 Å². The zero-order valence-electron chi connectivity index (χ0n) is 14.7. The molecule has 1 atom stereocenters. The van der Waals surface area contributed by atoms with Crippen molar-refractivity contribution in [2.45, 2.75) is 38.1 Å². The first-order chi connectivity index (χ1) is 11.4. The van der Waals surface area contributed by atoms with Gasteiger partial charge in [-0.3, -0.25) is 4.31 Å². The molecule has 0 radical (unpaired) electrons. The van der Waals surface area contributed by atoms with Crippen LogP contribution in [-0.4, -0.2) is 28.2 Å². The van der Waals surface area contributed by atoms with Gasteiger partial charge in [-0.2, -0.15) is 0 Å². The summed E-state index contributed by atoms with van der Waals surface area (Å²) in [4.78, 5) is 0.290. The molecule has 2 aromatic carbocycles. The molecule has 2 rings (SSSR count). The van der Waals surface area contributed by atoms with E-state index in [4.69, 9.17) is 4.74 Å². The van der Waals surface area contributed by atoms with E-state index in [-0.39, 0.29) is 6.04 Å². The zero-order chi connectivity index (χ0) is 17.7. The summed E-state index contributed by atoms with van der Waals surface area (Å²) >= 11 is 0. The summed E-state index contributed by atoms with van der Waals surface area (Å²) in [5.41, 5.74) is 2.71. The van der Waals surface area contributed by atoms with E-state index in [9.17, 15) is 8.42 Å². The molecule has 24 heavy (non-hydrogen) atoms. The number of benzene rings is 2. The van der Waals surface area contributed by atoms with E-state index in [1.54, 1.807) is 31.4 Å². The third kappa shape index (κ3) is 3.62. The highest BCUT2D eigenvalue weighted by Crippen LogP contribution is 2.32. The average molecular weight is 347 g/mol. The van der Waals surface area contributed by atoms with Crippen molar-refractivity contribution in [3.8, 4) is 0 Å². The standard InChI is InChI=1S/C19H25NO3S/c1-5-17-11-9-10-15(2)19(17)20(16(3)14-23-4)24(21,22)18-12-7-6-8-13-18/h6-13,16H,5,14H2,1-4H3/t16-/m0/s1. The predicted molar refractivity (Wildman–Crippen MR) is 98.0 cm³/mol. The van der Waals surface area contributed by atoms with Gasteiger partial charge in [-0.25, -0.2) is 8.42 Å². The summed E-state index contributed by atoms with van der Waals surface area (Å²) in [6, 6.07) is 14.1. The van der Waals surface area contributed by atoms with Crippen LogP contribution in [0, 0.1) is 6.92 Å². The van der Waals surface area contributed by atoms with E-state index in [0.717, 1.165) is 23.2 Å². The van der Waals surface area contributed by atoms with Gasteiger partial charge >= 0.3 is 0 Å². The first kappa shape index (κ1) is 18.5. The van der Waals surface area contributed by atoms with Crippen molar-refractivity contribution in [3.63, 3.8) is 0 Å². The van der Waals surface area contributed by atoms with Gasteiger partial charge in [0, 0.05) is 7.11 Å². The first-order valence-corrected chi connectivity index (χ1v) is 9.54. The fraction of sp³-hybridized carbons (Fsp3) is 0.368. The van der Waals surface area contributed by atoms with Crippen LogP contribution in [0.2, 0.25) is 0 Å². The number of hydrogen-bond acceptors (Lipinski definition) is 3. The second kappa shape index (κ2) is 7.81. The molecule has 0 unspecified atom stereocenters. The lowest BCUT2D eigenvalue weighted by molar-refractivity contribution is 0.186. The number of rotatable bonds is 7. The lowest BCUT2D eigenvalue weighted by atomic mass is 10.1. The molecule has 2 aromatic rings. The lowest BCUT2D eigenvalue weighted by Gasteiger charge is -2.33. The molecular weight excluding hydrogens is 322 g/mol. The Kier molecular flexibility index (Phi) is 6.02. The molecule has 130 valence electrons. The van der Waals surface area contributed by atoms with Crippen molar-refractivity contribution in [1.29, 1.82) is 0 Å². The second-order valence-corrected chi connectivity index (χ2v) is 7.67. The molecule has 0 aliphatic heterocycles. The fourth-order valence-electron chi connectivity index (χ4n) is 2.91. The summed E-state index contributed by atoms with van der Waals surface area (Å²) in [6.45, 7) is 6.17. The Bertz CT molecular complexity index is 772. The lowest BCUT2D eigenvalue weighted by Crippen LogP contribution is -2.42. The van der Waals surface area contributed by atoms with E-state index in [1.807, 2.05) is 45.0 Å². The minimum absolute atomic E-state index is 0.290. The average Bonchev–Trinajstić information content (AvgIpc) is 2.57. The fourth-order valence-corrected chi connectivity index (χ4v) is 4.68. The SMILES string of the molecule is CCc1cccc(C)c1N([C@@H](C)COC)S(=O)(=O)c1ccccc1. The summed E-state index contributed by atoms with van der Waals surface area (Å²) in [7, 11) is -2.09. The molecule has 0 saturated carbocycles. The highest BCUT2D eigenvalue weighted by molar-refractivity contribution is 7.92. The highest BCUT2D eigenvalue weighted by atomic mass is 32.2. The Balaban J connectivity index is 2.68. The van der Waals surface area contributed by atoms with Gasteiger partial charge in [0.25, 0.3) is 10.0 Å². The van der Waals surface area contributed by atoms with Gasteiger partial charge in [-0.05, 0) is 43.5 Å². The number of nitrogens with zero attached hydrogens (tertiary/aromatic N) is 1. The van der Waals surface area contributed by atoms with Crippen LogP contribution < -0.4 is 4.31 Å². The number of hydrogen-bond donors (Lipinski definition) is 0. The maximum atomic E-state index is 13.3. The quantitative estimate of drug-likeness (QED) is 0.765. The van der Waals surface area contributed by atoms with Gasteiger partial charge in [0.05, 0.1) is 23.2 Å². The first-order valence-electron chi connectivity index (χ1n) is 8.10. The number of aryl methyl sites for hydroxylation is 2. The van der Waals surface area contributed by atoms with Gasteiger partial charge in [0.1, 0.15) is 0 Å². The summed E-state index contributed by atoms with van der Waals surface area (Å²) < 4.78 is 33.4. The zero-order valence-corrected chi connectivity index (χ0v) is 15.5. The molecule has 0 bridgehead atoms. The molecule has 0 fully saturated rings. The molecule has 0 aliphatic rings. The van der Waals surface area contributed by atoms with Crippen molar-refractivity contribution in [3.05, 3.63) is 59.7 Å². The molecule has 0 amide bonds. The Hall–Kier alpha value is -1.85. The van der Waals surface area contributed by atoms with Gasteiger partial charge < -0.3 is 4.74 Å². The maximum absolute atomic E-state index is 13.3. The van der Waals surface area contributed by atoms with Crippen LogP contribution in [0.1, 0.15) is 25.0 Å². The summed E-state index contributed by atoms with van der Waals surface area (Å²) in [5.74, 6) is 0. The highest BCUT2D eigenvalue weighted by Gasteiger charge is 2.31. The van der Waals surface area contributed by atoms with E-state index < -0.39 is 10.0 Å². The topological polar surface area (TPSA) is 46.6 Å². The largest absolute Gasteiger partial charge is 0.383 e. The number of para-hydroxylation sites is 1. The molecule has 0 N–H and O–H groups in total. The van der Waals surface area contributed by atoms with E-state index in [2.05, 4.69) is 0 Å². The van der Waals surface area contributed by atoms with Crippen LogP contribution in [-0.2, 0) is 21.2 Å². The smallest absolute Gasteiger partial charge is 0.264 e. The Morgan fingerprint density at radius 3 is 2.33 bits per heavy atom. The van der Waals surface area contributed by atoms with Crippen LogP contribution in [0.15, 0.2) is 53.4 Å². The number of sulfonamides is 1. The number of anilines is 1. The van der Waals surface area contributed by atoms with E-state index in [0.29, 0.717) is 11.5 Å². The van der Waals surface area contributed by atoms with Crippen molar-refractivity contribution >= 4 is 15.7 Å². The summed E-state index contributed by atoms with van der Waals surface area (Å²) in [6.07, 6.45) is 0.761. The van der Waals surface area contributed by atoms with Crippen molar-refractivity contribution in [1.82, 2.24) is 0 Å². The molecule has 0 spiro atoms. The van der Waals surface area contributed by atoms with Crippen molar-refractivity contribution in [2.24, 2.45) is 0 Å². The maximum Gasteiger partial charge on any atom is 0.264 e. The van der Waals surface area contributed by atoms with E-state index >= 15 is 0 Å². The normalized spacial score (nSPS) is 12.8. The van der Waals surface area contributed by atoms with Crippen LogP contribution in [0.25, 0.3) is 0 Å². The van der Waals surface area contributed by atoms with Crippen LogP contribution >= 0.6 is 0 Å². The Morgan fingerprint density at radius 1 is 1.08 bits per heavy atom. The van der Waals surface area contributed by atoms with Crippen LogP contribution in [0.5, 0.6) is 0 Å². The molecular formula is C19H25NO3S. The molecule has 4 nitrogen and oxygen atoms in total. The van der Waals surface area contributed by atoms with Gasteiger partial charge in [-0.15, -0.1) is 0 Å². The third-order valence-electron chi connectivity index (χ3n) is 4.03. The van der Waals surface area contributed by atoms with Gasteiger partial charge in [-0.1, -0.05) is 43.3 Å². The Labute approximate surface area is 145 Å². The minimum atomic E-state index is -3.68. The molecule has 5 heteroatoms. The number of ether oxygens (including phenoxy) is 1. The minimum Gasteiger partial charge on any atom is -0.383 e. The monoisotopic (exact) mass is 347 g/mol. The van der Waals surface area contributed by atoms with Gasteiger partial charge in [0.2, 0.25) is 0 Å². The van der Waals surface area contributed by atoms with Crippen LogP contribution in [0.4, 0.5) is 5.69 Å². The van der Waals surface area contributed by atoms with Gasteiger partial charge in [0.15, 0.2) is 0 Å². The van der Waals surface area contributed by atoms with E-state index in [1.165, 1.54) is 4.31 Å². The summed E-state index contributed by atoms with van der Waals surface area (Å²) in [5, 5.41) is 0.